The van der Waals surface area contributed by atoms with Crippen LogP contribution in [0.4, 0.5) is 0 Å². The quantitative estimate of drug-likeness (QED) is 0.355. The molecule has 1 aliphatic rings. The molecule has 1 aromatic carbocycles. The van der Waals surface area contributed by atoms with Gasteiger partial charge in [0.2, 0.25) is 0 Å². The fraction of sp³-hybridized carbons (Fsp3) is 0.353. The van der Waals surface area contributed by atoms with Crippen LogP contribution in [-0.4, -0.2) is 59.8 Å². The summed E-state index contributed by atoms with van der Waals surface area (Å²) >= 11 is 0. The molecule has 28 heavy (non-hydrogen) atoms. The van der Waals surface area contributed by atoms with Crippen molar-refractivity contribution in [3.8, 4) is 6.01 Å². The zero-order chi connectivity index (χ0) is 19.8. The Morgan fingerprint density at radius 1 is 1.14 bits per heavy atom. The number of fused-ring (bicyclic) bond motifs is 1. The van der Waals surface area contributed by atoms with Crippen LogP contribution in [0.5, 0.6) is 6.01 Å². The number of nitrogens with zero attached hydrogens (tertiary/aromatic N) is 2. The number of hydrogen-bond donors (Lipinski definition) is 5. The highest BCUT2D eigenvalue weighted by Gasteiger charge is 2.45. The summed E-state index contributed by atoms with van der Waals surface area (Å²) in [6.45, 7) is -0.431. The molecule has 1 fully saturated rings. The van der Waals surface area contributed by atoms with E-state index in [4.69, 9.17) is 9.47 Å². The van der Waals surface area contributed by atoms with Crippen molar-refractivity contribution in [3.63, 3.8) is 0 Å². The number of aromatic nitrogens is 4. The third kappa shape index (κ3) is 3.10. The second-order valence-electron chi connectivity index (χ2n) is 6.37. The molecule has 3 heterocycles. The van der Waals surface area contributed by atoms with Crippen molar-refractivity contribution in [2.24, 2.45) is 0 Å². The van der Waals surface area contributed by atoms with Gasteiger partial charge in [0.15, 0.2) is 17.4 Å². The Kier molecular flexibility index (Phi) is 4.73. The summed E-state index contributed by atoms with van der Waals surface area (Å²) in [5.74, 6) is 0. The van der Waals surface area contributed by atoms with Crippen LogP contribution in [0.3, 0.4) is 0 Å². The van der Waals surface area contributed by atoms with Crippen LogP contribution in [-0.2, 0) is 11.3 Å². The lowest BCUT2D eigenvalue weighted by Gasteiger charge is -2.19. The number of H-pyrrole nitrogens is 2. The maximum absolute atomic E-state index is 12.1. The molecule has 1 aliphatic heterocycles. The van der Waals surface area contributed by atoms with E-state index in [9.17, 15) is 24.9 Å². The molecule has 0 spiro atoms. The highest BCUT2D eigenvalue weighted by Crippen LogP contribution is 2.34. The van der Waals surface area contributed by atoms with Gasteiger partial charge in [0.1, 0.15) is 24.9 Å². The maximum atomic E-state index is 12.1. The molecule has 11 nitrogen and oxygen atoms in total. The number of imidazole rings is 1. The number of benzene rings is 1. The molecule has 5 N–H and O–H groups in total. The SMILES string of the molecule is O=c1[nH]c(=O)c2nc(OCc3ccccc3)n([C@H]3O[C@@H](CO)[C@H](O)[C@@H]3O)c2[nH]1. The van der Waals surface area contributed by atoms with Gasteiger partial charge in [-0.25, -0.2) is 9.36 Å². The molecule has 0 aliphatic carbocycles. The van der Waals surface area contributed by atoms with Gasteiger partial charge >= 0.3 is 11.7 Å². The topological polar surface area (TPSA) is 163 Å². The summed E-state index contributed by atoms with van der Waals surface area (Å²) in [5, 5.41) is 29.8. The molecule has 3 aromatic rings. The van der Waals surface area contributed by atoms with Gasteiger partial charge in [-0.05, 0) is 5.56 Å². The van der Waals surface area contributed by atoms with Crippen LogP contribution in [0.15, 0.2) is 39.9 Å². The van der Waals surface area contributed by atoms with Gasteiger partial charge in [-0.15, -0.1) is 0 Å². The molecule has 11 heteroatoms. The summed E-state index contributed by atoms with van der Waals surface area (Å²) in [7, 11) is 0. The number of hydrogen-bond acceptors (Lipinski definition) is 8. The van der Waals surface area contributed by atoms with E-state index in [2.05, 4.69) is 15.0 Å². The number of aliphatic hydroxyl groups excluding tert-OH is 3. The van der Waals surface area contributed by atoms with E-state index < -0.39 is 42.4 Å². The standard InChI is InChI=1S/C17H18N4O7/c22-6-9-11(23)12(24)15(28-9)21-13-10(14(25)20-16(26)19-13)18-17(21)27-7-8-4-2-1-3-5-8/h1-5,9,11-12,15,22-24H,6-7H2,(H2,19,20,25,26)/t9-,11-,12-,15-/m0/s1. The summed E-state index contributed by atoms with van der Waals surface area (Å²) in [6, 6.07) is 9.07. The molecule has 4 rings (SSSR count). The predicted octanol–water partition coefficient (Wildman–Crippen LogP) is -1.40. The van der Waals surface area contributed by atoms with Gasteiger partial charge in [0.05, 0.1) is 6.61 Å². The van der Waals surface area contributed by atoms with Crippen LogP contribution in [0, 0.1) is 0 Å². The minimum Gasteiger partial charge on any atom is -0.460 e. The second-order valence-corrected chi connectivity index (χ2v) is 6.37. The van der Waals surface area contributed by atoms with Crippen LogP contribution < -0.4 is 16.0 Å². The number of ether oxygens (including phenoxy) is 2. The molecule has 0 bridgehead atoms. The zero-order valence-electron chi connectivity index (χ0n) is 14.5. The van der Waals surface area contributed by atoms with Gasteiger partial charge < -0.3 is 24.8 Å². The maximum Gasteiger partial charge on any atom is 0.327 e. The summed E-state index contributed by atoms with van der Waals surface area (Å²) < 4.78 is 12.4. The Morgan fingerprint density at radius 3 is 2.57 bits per heavy atom. The van der Waals surface area contributed by atoms with Crippen LogP contribution in [0.2, 0.25) is 0 Å². The Morgan fingerprint density at radius 2 is 1.89 bits per heavy atom. The lowest BCUT2D eigenvalue weighted by atomic mass is 10.1. The second kappa shape index (κ2) is 7.20. The first-order valence-electron chi connectivity index (χ1n) is 8.53. The lowest BCUT2D eigenvalue weighted by Crippen LogP contribution is -2.33. The average molecular weight is 390 g/mol. The van der Waals surface area contributed by atoms with E-state index in [0.29, 0.717) is 0 Å². The monoisotopic (exact) mass is 390 g/mol. The number of aliphatic hydroxyl groups is 3. The highest BCUT2D eigenvalue weighted by atomic mass is 16.6. The smallest absolute Gasteiger partial charge is 0.327 e. The average Bonchev–Trinajstić information content (AvgIpc) is 3.18. The molecule has 4 atom stereocenters. The van der Waals surface area contributed by atoms with E-state index >= 15 is 0 Å². The molecule has 0 saturated carbocycles. The molecule has 0 radical (unpaired) electrons. The first kappa shape index (κ1) is 18.4. The fourth-order valence-electron chi connectivity index (χ4n) is 3.14. The first-order chi connectivity index (χ1) is 13.5. The molecule has 1 saturated heterocycles. The summed E-state index contributed by atoms with van der Waals surface area (Å²) in [5.41, 5.74) is -0.856. The first-order valence-corrected chi connectivity index (χ1v) is 8.53. The lowest BCUT2D eigenvalue weighted by molar-refractivity contribution is -0.0545. The van der Waals surface area contributed by atoms with E-state index in [1.807, 2.05) is 30.3 Å². The molecular weight excluding hydrogens is 372 g/mol. The minimum atomic E-state index is -1.45. The fourth-order valence-corrected chi connectivity index (χ4v) is 3.14. The molecule has 2 aromatic heterocycles. The van der Waals surface area contributed by atoms with Crippen molar-refractivity contribution >= 4 is 11.2 Å². The molecule has 0 amide bonds. The van der Waals surface area contributed by atoms with E-state index in [1.165, 1.54) is 4.57 Å². The van der Waals surface area contributed by atoms with Crippen LogP contribution in [0.25, 0.3) is 11.2 Å². The Bertz CT molecular complexity index is 1090. The Labute approximate surface area is 156 Å². The van der Waals surface area contributed by atoms with Gasteiger partial charge in [0.25, 0.3) is 5.56 Å². The van der Waals surface area contributed by atoms with Gasteiger partial charge in [-0.1, -0.05) is 30.3 Å². The number of aromatic amines is 2. The molecular formula is C17H18N4O7. The largest absolute Gasteiger partial charge is 0.460 e. The predicted molar refractivity (Wildman–Crippen MR) is 94.8 cm³/mol. The minimum absolute atomic E-state index is 0.0355. The van der Waals surface area contributed by atoms with E-state index in [-0.39, 0.29) is 23.8 Å². The third-order valence-corrected chi connectivity index (χ3v) is 4.54. The van der Waals surface area contributed by atoms with Crippen molar-refractivity contribution < 1.29 is 24.8 Å². The van der Waals surface area contributed by atoms with Crippen LogP contribution >= 0.6 is 0 Å². The normalized spacial score (nSPS) is 24.7. The molecule has 148 valence electrons. The van der Waals surface area contributed by atoms with Gasteiger partial charge in [-0.2, -0.15) is 4.98 Å². The van der Waals surface area contributed by atoms with Crippen molar-refractivity contribution in [1.82, 2.24) is 19.5 Å². The highest BCUT2D eigenvalue weighted by molar-refractivity contribution is 5.71. The Hall–Kier alpha value is -2.99. The van der Waals surface area contributed by atoms with E-state index in [1.54, 1.807) is 0 Å². The Balaban J connectivity index is 1.80. The van der Waals surface area contributed by atoms with Crippen molar-refractivity contribution in [1.29, 1.82) is 0 Å². The van der Waals surface area contributed by atoms with E-state index in [0.717, 1.165) is 5.56 Å². The summed E-state index contributed by atoms with van der Waals surface area (Å²) in [4.78, 5) is 32.5. The van der Waals surface area contributed by atoms with Crippen molar-refractivity contribution in [2.45, 2.75) is 31.1 Å². The molecule has 0 unspecified atom stereocenters. The number of rotatable bonds is 5. The van der Waals surface area contributed by atoms with Gasteiger partial charge in [-0.3, -0.25) is 14.8 Å². The van der Waals surface area contributed by atoms with Crippen molar-refractivity contribution in [2.75, 3.05) is 6.61 Å². The third-order valence-electron chi connectivity index (χ3n) is 4.54. The zero-order valence-corrected chi connectivity index (χ0v) is 14.5. The van der Waals surface area contributed by atoms with Crippen molar-refractivity contribution in [3.05, 3.63) is 56.7 Å². The number of nitrogens with one attached hydrogen (secondary N) is 2. The van der Waals surface area contributed by atoms with Crippen LogP contribution in [0.1, 0.15) is 11.8 Å². The summed E-state index contributed by atoms with van der Waals surface area (Å²) in [6.07, 6.45) is -5.10. The van der Waals surface area contributed by atoms with Gasteiger partial charge in [0, 0.05) is 0 Å².